The molecule has 0 saturated heterocycles. The lowest BCUT2D eigenvalue weighted by molar-refractivity contribution is 1.52. The van der Waals surface area contributed by atoms with Gasteiger partial charge in [-0.1, -0.05) is 44.1 Å². The first-order chi connectivity index (χ1) is 4.46. The quantitative estimate of drug-likeness (QED) is 0.597. The number of hydrogen-bond acceptors (Lipinski definition) is 0. The zero-order valence-corrected chi connectivity index (χ0v) is 11.3. The lowest BCUT2D eigenvalue weighted by atomic mass is 11.7. The Balaban J connectivity index is 3.98. The highest BCUT2D eigenvalue weighted by Crippen LogP contribution is 2.18. The molecule has 2 radical (unpaired) electrons. The van der Waals surface area contributed by atoms with E-state index in [2.05, 4.69) is 39.3 Å². The lowest BCUT2D eigenvalue weighted by Gasteiger charge is -2.25. The Kier molecular flexibility index (Phi) is 4.81. The van der Waals surface area contributed by atoms with E-state index in [4.69, 9.17) is 0 Å². The third kappa shape index (κ3) is 3.16. The van der Waals surface area contributed by atoms with Gasteiger partial charge in [-0.3, -0.25) is 0 Å². The molecule has 0 aromatic carbocycles. The predicted molar refractivity (Wildman–Crippen MR) is 57.6 cm³/mol. The van der Waals surface area contributed by atoms with Crippen molar-refractivity contribution in [3.63, 3.8) is 0 Å². The van der Waals surface area contributed by atoms with Gasteiger partial charge < -0.3 is 0 Å². The van der Waals surface area contributed by atoms with E-state index in [-0.39, 0.29) is 26.4 Å². The van der Waals surface area contributed by atoms with Crippen LogP contribution in [-0.2, 0) is 0 Å². The summed E-state index contributed by atoms with van der Waals surface area (Å²) in [6.07, 6.45) is 0. The summed E-state index contributed by atoms with van der Waals surface area (Å²) in [5.41, 5.74) is 0. The van der Waals surface area contributed by atoms with E-state index in [9.17, 15) is 0 Å². The smallest absolute Gasteiger partial charge is 0.0384 e. The minimum atomic E-state index is -0.311. The number of rotatable bonds is 3. The standard InChI is InChI=1S/C7H20Si3/c1-8(2)7(9(3)4)10(5)6/h7-8H,1-6H3. The molecule has 0 unspecified atom stereocenters. The molecule has 0 fully saturated rings. The molecule has 0 spiro atoms. The van der Waals surface area contributed by atoms with Crippen LogP contribution in [0.25, 0.3) is 0 Å². The van der Waals surface area contributed by atoms with Gasteiger partial charge in [-0.05, 0) is 0 Å². The van der Waals surface area contributed by atoms with Gasteiger partial charge in [0.25, 0.3) is 0 Å². The molecule has 0 bridgehead atoms. The Morgan fingerprint density at radius 1 is 0.900 bits per heavy atom. The first kappa shape index (κ1) is 10.7. The fourth-order valence-corrected chi connectivity index (χ4v) is 17.2. The molecule has 0 atom stereocenters. The molecule has 0 aliphatic carbocycles. The molecular formula is C7H20Si3. The first-order valence-electron chi connectivity index (χ1n) is 4.07. The third-order valence-corrected chi connectivity index (χ3v) is 17.2. The maximum Gasteiger partial charge on any atom is 0.0384 e. The fourth-order valence-electron chi connectivity index (χ4n) is 1.91. The Morgan fingerprint density at radius 3 is 1.20 bits per heavy atom. The summed E-state index contributed by atoms with van der Waals surface area (Å²) in [7, 11) is -0.241. The van der Waals surface area contributed by atoms with Crippen LogP contribution >= 0.6 is 0 Å². The van der Waals surface area contributed by atoms with Gasteiger partial charge >= 0.3 is 0 Å². The highest BCUT2D eigenvalue weighted by Gasteiger charge is 2.23. The van der Waals surface area contributed by atoms with E-state index >= 15 is 0 Å². The molecule has 0 aromatic rings. The van der Waals surface area contributed by atoms with E-state index in [1.807, 2.05) is 0 Å². The average Bonchev–Trinajstić information content (AvgIpc) is 1.59. The van der Waals surface area contributed by atoms with Gasteiger partial charge in [0.05, 0.1) is 0 Å². The summed E-state index contributed by atoms with van der Waals surface area (Å²) in [6.45, 7) is 15.0. The van der Waals surface area contributed by atoms with Crippen LogP contribution in [0.3, 0.4) is 0 Å². The van der Waals surface area contributed by atoms with Crippen molar-refractivity contribution >= 4 is 26.4 Å². The van der Waals surface area contributed by atoms with Crippen molar-refractivity contribution in [2.75, 3.05) is 0 Å². The summed E-state index contributed by atoms with van der Waals surface area (Å²) < 4.78 is 0. The van der Waals surface area contributed by atoms with Crippen LogP contribution in [0.15, 0.2) is 0 Å². The molecular weight excluding hydrogens is 168 g/mol. The SMILES string of the molecule is C[Si](C)C([Si](C)C)[SiH](C)C. The van der Waals surface area contributed by atoms with Gasteiger partial charge in [0, 0.05) is 26.4 Å². The zero-order valence-electron chi connectivity index (χ0n) is 8.15. The van der Waals surface area contributed by atoms with Gasteiger partial charge in [0.2, 0.25) is 0 Å². The van der Waals surface area contributed by atoms with Gasteiger partial charge in [-0.25, -0.2) is 0 Å². The fraction of sp³-hybridized carbons (Fsp3) is 1.00. The van der Waals surface area contributed by atoms with Crippen LogP contribution in [0.5, 0.6) is 0 Å². The van der Waals surface area contributed by atoms with Crippen LogP contribution in [0.1, 0.15) is 0 Å². The minimum absolute atomic E-state index is 0.0350. The molecule has 0 N–H and O–H groups in total. The van der Waals surface area contributed by atoms with Crippen molar-refractivity contribution in [1.29, 1.82) is 0 Å². The van der Waals surface area contributed by atoms with Gasteiger partial charge in [0.1, 0.15) is 0 Å². The molecule has 0 saturated carbocycles. The highest BCUT2D eigenvalue weighted by molar-refractivity contribution is 6.94. The van der Waals surface area contributed by atoms with E-state index < -0.39 is 0 Å². The van der Waals surface area contributed by atoms with Gasteiger partial charge in [-0.2, -0.15) is 0 Å². The van der Waals surface area contributed by atoms with Crippen LogP contribution in [0, 0.1) is 0 Å². The monoisotopic (exact) mass is 188 g/mol. The maximum atomic E-state index is 2.51. The van der Waals surface area contributed by atoms with Gasteiger partial charge in [-0.15, -0.1) is 0 Å². The van der Waals surface area contributed by atoms with Crippen molar-refractivity contribution in [2.24, 2.45) is 0 Å². The Hall–Kier alpha value is 0.651. The second kappa shape index (κ2) is 4.51. The van der Waals surface area contributed by atoms with E-state index in [1.54, 1.807) is 0 Å². The van der Waals surface area contributed by atoms with Crippen molar-refractivity contribution in [3.05, 3.63) is 0 Å². The number of hydrogen-bond donors (Lipinski definition) is 0. The molecule has 0 aromatic heterocycles. The topological polar surface area (TPSA) is 0 Å². The molecule has 3 heteroatoms. The third-order valence-electron chi connectivity index (χ3n) is 1.91. The molecule has 60 valence electrons. The molecule has 0 aliphatic heterocycles. The zero-order chi connectivity index (χ0) is 8.31. The summed E-state index contributed by atoms with van der Waals surface area (Å²) in [5.74, 6) is 0. The first-order valence-corrected chi connectivity index (χ1v) is 12.2. The van der Waals surface area contributed by atoms with Gasteiger partial charge in [0.15, 0.2) is 0 Å². The average molecular weight is 188 g/mol. The van der Waals surface area contributed by atoms with E-state index in [1.165, 1.54) is 4.79 Å². The minimum Gasteiger partial charge on any atom is -0.0724 e. The summed E-state index contributed by atoms with van der Waals surface area (Å²) >= 11 is 0. The summed E-state index contributed by atoms with van der Waals surface area (Å²) in [5, 5.41) is 0. The Bertz CT molecular complexity index is 69.8. The van der Waals surface area contributed by atoms with Crippen LogP contribution in [-0.4, -0.2) is 26.4 Å². The van der Waals surface area contributed by atoms with Crippen molar-refractivity contribution < 1.29 is 0 Å². The molecule has 0 amide bonds. The van der Waals surface area contributed by atoms with Crippen LogP contribution in [0.2, 0.25) is 44.1 Å². The largest absolute Gasteiger partial charge is 0.0724 e. The highest BCUT2D eigenvalue weighted by atomic mass is 28.4. The van der Waals surface area contributed by atoms with Crippen molar-refractivity contribution in [3.8, 4) is 0 Å². The molecule has 10 heavy (non-hydrogen) atoms. The van der Waals surface area contributed by atoms with E-state index in [0.29, 0.717) is 0 Å². The maximum absolute atomic E-state index is 2.51. The second-order valence-electron chi connectivity index (χ2n) is 3.88. The van der Waals surface area contributed by atoms with E-state index in [0.717, 1.165) is 0 Å². The molecule has 0 nitrogen and oxygen atoms in total. The lowest BCUT2D eigenvalue weighted by Crippen LogP contribution is -2.34. The molecule has 0 heterocycles. The van der Waals surface area contributed by atoms with Crippen molar-refractivity contribution in [1.82, 2.24) is 0 Å². The van der Waals surface area contributed by atoms with Crippen LogP contribution in [0.4, 0.5) is 0 Å². The normalized spacial score (nSPS) is 12.6. The second-order valence-corrected chi connectivity index (χ2v) is 14.5. The van der Waals surface area contributed by atoms with Crippen molar-refractivity contribution in [2.45, 2.75) is 44.1 Å². The molecule has 0 aliphatic rings. The molecule has 0 rings (SSSR count). The Morgan fingerprint density at radius 2 is 1.20 bits per heavy atom. The predicted octanol–water partition coefficient (Wildman–Crippen LogP) is 2.43. The summed E-state index contributed by atoms with van der Waals surface area (Å²) in [4.78, 5) is 1.23. The summed E-state index contributed by atoms with van der Waals surface area (Å²) in [6, 6.07) is 0. The van der Waals surface area contributed by atoms with Crippen LogP contribution < -0.4 is 0 Å². The Labute approximate surface area is 70.9 Å².